The van der Waals surface area contributed by atoms with Gasteiger partial charge in [-0.1, -0.05) is 42.7 Å². The van der Waals surface area contributed by atoms with Gasteiger partial charge in [-0.15, -0.1) is 11.8 Å². The van der Waals surface area contributed by atoms with E-state index in [-0.39, 0.29) is 11.3 Å². The van der Waals surface area contributed by atoms with Gasteiger partial charge in [-0.2, -0.15) is 5.26 Å². The third-order valence-electron chi connectivity index (χ3n) is 7.42. The lowest BCUT2D eigenvalue weighted by Gasteiger charge is -2.38. The highest BCUT2D eigenvalue weighted by molar-refractivity contribution is 8.00. The Morgan fingerprint density at radius 1 is 0.950 bits per heavy atom. The van der Waals surface area contributed by atoms with Crippen LogP contribution in [0.3, 0.4) is 0 Å². The molecular weight excluding hydrogens is 516 g/mol. The molecule has 0 amide bonds. The molecule has 0 N–H and O–H groups in total. The van der Waals surface area contributed by atoms with Crippen molar-refractivity contribution in [3.05, 3.63) is 82.9 Å². The normalized spacial score (nSPS) is 15.6. The molecule has 2 atom stereocenters. The van der Waals surface area contributed by atoms with Gasteiger partial charge in [0.05, 0.1) is 37.7 Å². The zero-order valence-electron chi connectivity index (χ0n) is 24.3. The molecule has 0 bridgehead atoms. The van der Waals surface area contributed by atoms with Gasteiger partial charge in [-0.05, 0) is 99.7 Å². The number of hydrogen-bond donors (Lipinski definition) is 0. The van der Waals surface area contributed by atoms with E-state index < -0.39 is 0 Å². The number of rotatable bonds is 14. The molecule has 1 aliphatic heterocycles. The van der Waals surface area contributed by atoms with E-state index in [1.54, 1.807) is 18.9 Å². The van der Waals surface area contributed by atoms with Crippen LogP contribution in [0.5, 0.6) is 17.2 Å². The average molecular weight is 559 g/mol. The van der Waals surface area contributed by atoms with Crippen LogP contribution >= 0.6 is 11.8 Å². The Labute approximate surface area is 244 Å². The summed E-state index contributed by atoms with van der Waals surface area (Å²) >= 11 is 1.68. The van der Waals surface area contributed by atoms with E-state index >= 15 is 0 Å². The van der Waals surface area contributed by atoms with Gasteiger partial charge in [0.15, 0.2) is 11.5 Å². The average Bonchev–Trinajstić information content (AvgIpc) is 2.98. The second kappa shape index (κ2) is 15.0. The van der Waals surface area contributed by atoms with Crippen molar-refractivity contribution in [3.8, 4) is 23.3 Å². The first kappa shape index (κ1) is 29.8. The predicted octanol–water partition coefficient (Wildman–Crippen LogP) is 7.99. The van der Waals surface area contributed by atoms with Crippen LogP contribution in [0.1, 0.15) is 67.8 Å². The lowest BCUT2D eigenvalue weighted by atomic mass is 9.87. The Bertz CT molecular complexity index is 1270. The third-order valence-corrected chi connectivity index (χ3v) is 8.59. The van der Waals surface area contributed by atoms with Crippen LogP contribution in [0.25, 0.3) is 0 Å². The summed E-state index contributed by atoms with van der Waals surface area (Å²) < 4.78 is 17.4. The fourth-order valence-corrected chi connectivity index (χ4v) is 6.36. The van der Waals surface area contributed by atoms with E-state index in [0.29, 0.717) is 13.2 Å². The van der Waals surface area contributed by atoms with E-state index in [1.165, 1.54) is 27.1 Å². The van der Waals surface area contributed by atoms with Gasteiger partial charge < -0.3 is 14.2 Å². The summed E-state index contributed by atoms with van der Waals surface area (Å²) in [6.45, 7) is 9.29. The van der Waals surface area contributed by atoms with E-state index in [1.807, 2.05) is 19.9 Å². The topological polar surface area (TPSA) is 54.7 Å². The molecule has 6 heteroatoms. The van der Waals surface area contributed by atoms with Crippen molar-refractivity contribution in [2.24, 2.45) is 0 Å². The maximum Gasteiger partial charge on any atom is 0.161 e. The SMILES string of the molecule is CCOc1ccc(C2c3ccc(OC)cc3CCN2CCCCCC(C#N)Sc2ccc(C)cc2)cc1OCC. The number of benzene rings is 3. The molecule has 1 aliphatic rings. The molecule has 5 nitrogen and oxygen atoms in total. The summed E-state index contributed by atoms with van der Waals surface area (Å²) in [5.74, 6) is 2.50. The van der Waals surface area contributed by atoms with E-state index in [2.05, 4.69) is 72.5 Å². The molecule has 40 heavy (non-hydrogen) atoms. The number of methoxy groups -OCH3 is 1. The number of aryl methyl sites for hydroxylation is 1. The highest BCUT2D eigenvalue weighted by atomic mass is 32.2. The molecule has 3 aromatic carbocycles. The van der Waals surface area contributed by atoms with Crippen molar-refractivity contribution in [1.29, 1.82) is 5.26 Å². The van der Waals surface area contributed by atoms with Crippen molar-refractivity contribution < 1.29 is 14.2 Å². The van der Waals surface area contributed by atoms with Crippen LogP contribution in [0.4, 0.5) is 0 Å². The minimum atomic E-state index is -0.00635. The van der Waals surface area contributed by atoms with E-state index in [0.717, 1.165) is 62.4 Å². The number of nitriles is 1. The van der Waals surface area contributed by atoms with Crippen LogP contribution < -0.4 is 14.2 Å². The molecule has 0 saturated heterocycles. The minimum absolute atomic E-state index is 0.00635. The predicted molar refractivity (Wildman–Crippen MR) is 164 cm³/mol. The summed E-state index contributed by atoms with van der Waals surface area (Å²) in [6.07, 6.45) is 5.18. The summed E-state index contributed by atoms with van der Waals surface area (Å²) in [6, 6.07) is 24.0. The zero-order valence-corrected chi connectivity index (χ0v) is 25.1. The molecule has 1 heterocycles. The molecule has 3 aromatic rings. The maximum atomic E-state index is 9.70. The molecule has 0 saturated carbocycles. The summed E-state index contributed by atoms with van der Waals surface area (Å²) in [7, 11) is 1.73. The maximum absolute atomic E-state index is 9.70. The number of nitrogens with zero attached hydrogens (tertiary/aromatic N) is 2. The Balaban J connectivity index is 1.44. The fraction of sp³-hybridized carbons (Fsp3) is 0.441. The van der Waals surface area contributed by atoms with Gasteiger partial charge in [0.2, 0.25) is 0 Å². The van der Waals surface area contributed by atoms with Gasteiger partial charge >= 0.3 is 0 Å². The second-order valence-electron chi connectivity index (χ2n) is 10.2. The van der Waals surface area contributed by atoms with Gasteiger partial charge in [-0.3, -0.25) is 4.90 Å². The van der Waals surface area contributed by atoms with Crippen molar-refractivity contribution in [2.45, 2.75) is 69.1 Å². The molecule has 212 valence electrons. The molecule has 0 spiro atoms. The molecule has 0 aromatic heterocycles. The van der Waals surface area contributed by atoms with Gasteiger partial charge in [0.1, 0.15) is 5.75 Å². The number of hydrogen-bond acceptors (Lipinski definition) is 6. The molecule has 0 radical (unpaired) electrons. The van der Waals surface area contributed by atoms with Crippen LogP contribution in [-0.2, 0) is 6.42 Å². The van der Waals surface area contributed by atoms with Gasteiger partial charge in [0, 0.05) is 11.4 Å². The molecule has 0 fully saturated rings. The fourth-order valence-electron chi connectivity index (χ4n) is 5.40. The number of unbranched alkanes of at least 4 members (excludes halogenated alkanes) is 2. The number of ether oxygens (including phenoxy) is 3. The third kappa shape index (κ3) is 7.74. The Morgan fingerprint density at radius 2 is 1.73 bits per heavy atom. The number of fused-ring (bicyclic) bond motifs is 1. The Kier molecular flexibility index (Phi) is 11.2. The second-order valence-corrected chi connectivity index (χ2v) is 11.5. The lowest BCUT2D eigenvalue weighted by Crippen LogP contribution is -2.36. The summed E-state index contributed by atoms with van der Waals surface area (Å²) in [5, 5.41) is 9.69. The first-order valence-electron chi connectivity index (χ1n) is 14.5. The van der Waals surface area contributed by atoms with Crippen LogP contribution in [0, 0.1) is 18.3 Å². The van der Waals surface area contributed by atoms with Gasteiger partial charge in [0.25, 0.3) is 0 Å². The van der Waals surface area contributed by atoms with E-state index in [9.17, 15) is 5.26 Å². The van der Waals surface area contributed by atoms with Crippen LogP contribution in [-0.4, -0.2) is 43.6 Å². The van der Waals surface area contributed by atoms with Crippen LogP contribution in [0.2, 0.25) is 0 Å². The van der Waals surface area contributed by atoms with E-state index in [4.69, 9.17) is 14.2 Å². The quantitative estimate of drug-likeness (QED) is 0.148. The Hall–Kier alpha value is -3.14. The highest BCUT2D eigenvalue weighted by Gasteiger charge is 2.29. The summed E-state index contributed by atoms with van der Waals surface area (Å²) in [4.78, 5) is 3.77. The molecule has 4 rings (SSSR count). The lowest BCUT2D eigenvalue weighted by molar-refractivity contribution is 0.207. The Morgan fingerprint density at radius 3 is 2.45 bits per heavy atom. The number of thioether (sulfide) groups is 1. The molecule has 0 aliphatic carbocycles. The molecular formula is C34H42N2O3S. The van der Waals surface area contributed by atoms with Crippen molar-refractivity contribution in [2.75, 3.05) is 33.4 Å². The summed E-state index contributed by atoms with van der Waals surface area (Å²) in [5.41, 5.74) is 5.14. The van der Waals surface area contributed by atoms with Crippen molar-refractivity contribution >= 4 is 11.8 Å². The highest BCUT2D eigenvalue weighted by Crippen LogP contribution is 2.40. The largest absolute Gasteiger partial charge is 0.497 e. The smallest absolute Gasteiger partial charge is 0.161 e. The van der Waals surface area contributed by atoms with Crippen molar-refractivity contribution in [1.82, 2.24) is 4.90 Å². The standard InChI is InChI=1S/C34H42N2O3S/c1-5-38-32-18-13-27(23-33(32)39-6-2)34-31-17-14-28(37-4)22-26(31)19-21-36(34)20-9-7-8-10-30(24-35)40-29-15-11-25(3)12-16-29/h11-18,22-23,30,34H,5-10,19-21H2,1-4H3. The first-order valence-corrected chi connectivity index (χ1v) is 15.4. The molecule has 2 unspecified atom stereocenters. The van der Waals surface area contributed by atoms with Crippen LogP contribution in [0.15, 0.2) is 65.6 Å². The van der Waals surface area contributed by atoms with Gasteiger partial charge in [-0.25, -0.2) is 0 Å². The monoisotopic (exact) mass is 558 g/mol. The zero-order chi connectivity index (χ0) is 28.3. The first-order chi connectivity index (χ1) is 19.6. The van der Waals surface area contributed by atoms with Crippen molar-refractivity contribution in [3.63, 3.8) is 0 Å². The minimum Gasteiger partial charge on any atom is -0.497 e.